The smallest absolute Gasteiger partial charge is 0.158 e. The molecule has 0 radical (unpaired) electrons. The second kappa shape index (κ2) is 6.77. The van der Waals surface area contributed by atoms with Crippen molar-refractivity contribution in [2.45, 2.75) is 13.5 Å². The molecule has 0 spiro atoms. The van der Waals surface area contributed by atoms with E-state index in [1.165, 1.54) is 10.8 Å². The Kier molecular flexibility index (Phi) is 4.17. The molecule has 0 saturated carbocycles. The molecule has 0 unspecified atom stereocenters. The molecule has 0 atom stereocenters. The predicted molar refractivity (Wildman–Crippen MR) is 99.6 cm³/mol. The van der Waals surface area contributed by atoms with Crippen molar-refractivity contribution in [2.75, 3.05) is 6.61 Å². The molecule has 4 aromatic rings. The number of ether oxygens (including phenoxy) is 1. The summed E-state index contributed by atoms with van der Waals surface area (Å²) in [5, 5.41) is 6.89. The summed E-state index contributed by atoms with van der Waals surface area (Å²) >= 11 is 0. The average Bonchev–Trinajstić information content (AvgIpc) is 3.03. The second-order valence-corrected chi connectivity index (χ2v) is 5.93. The third kappa shape index (κ3) is 3.38. The zero-order valence-corrected chi connectivity index (χ0v) is 14.1. The summed E-state index contributed by atoms with van der Waals surface area (Å²) < 4.78 is 7.84. The molecule has 0 aliphatic carbocycles. The van der Waals surface area contributed by atoms with Crippen LogP contribution >= 0.6 is 0 Å². The Morgan fingerprint density at radius 3 is 2.48 bits per heavy atom. The lowest BCUT2D eigenvalue weighted by molar-refractivity contribution is 0.292. The van der Waals surface area contributed by atoms with Crippen LogP contribution in [0.2, 0.25) is 0 Å². The van der Waals surface area contributed by atoms with Gasteiger partial charge in [-0.05, 0) is 29.8 Å². The number of fused-ring (bicyclic) bond motifs is 1. The van der Waals surface area contributed by atoms with E-state index in [1.807, 2.05) is 60.1 Å². The number of hydrogen-bond donors (Lipinski definition) is 0. The molecular formula is C21H19N3O. The first-order valence-electron chi connectivity index (χ1n) is 8.38. The average molecular weight is 329 g/mol. The lowest BCUT2D eigenvalue weighted by Crippen LogP contribution is -2.11. The van der Waals surface area contributed by atoms with E-state index in [0.717, 1.165) is 23.0 Å². The monoisotopic (exact) mass is 329 g/mol. The van der Waals surface area contributed by atoms with Crippen LogP contribution < -0.4 is 4.74 Å². The highest BCUT2D eigenvalue weighted by Crippen LogP contribution is 2.21. The number of nitrogens with zero attached hydrogens (tertiary/aromatic N) is 3. The Hall–Kier alpha value is -3.14. The number of hydrogen-bond acceptors (Lipinski definition) is 3. The Labute approximate surface area is 146 Å². The fourth-order valence-corrected chi connectivity index (χ4v) is 2.92. The molecule has 0 aliphatic rings. The summed E-state index contributed by atoms with van der Waals surface area (Å²) in [4.78, 5) is 4.54. The van der Waals surface area contributed by atoms with Crippen molar-refractivity contribution in [1.29, 1.82) is 0 Å². The van der Waals surface area contributed by atoms with Gasteiger partial charge < -0.3 is 4.74 Å². The molecule has 4 heteroatoms. The van der Waals surface area contributed by atoms with E-state index < -0.39 is 0 Å². The van der Waals surface area contributed by atoms with Gasteiger partial charge in [0.25, 0.3) is 0 Å². The van der Waals surface area contributed by atoms with Crippen molar-refractivity contribution in [3.63, 3.8) is 0 Å². The fourth-order valence-electron chi connectivity index (χ4n) is 2.92. The van der Waals surface area contributed by atoms with Gasteiger partial charge in [-0.1, -0.05) is 60.7 Å². The lowest BCUT2D eigenvalue weighted by Gasteiger charge is -2.09. The van der Waals surface area contributed by atoms with Crippen molar-refractivity contribution in [2.24, 2.45) is 0 Å². The van der Waals surface area contributed by atoms with Gasteiger partial charge in [-0.3, -0.25) is 0 Å². The summed E-state index contributed by atoms with van der Waals surface area (Å²) in [6, 6.07) is 24.5. The lowest BCUT2D eigenvalue weighted by atomic mass is 10.1. The Bertz CT molecular complexity index is 992. The molecule has 0 saturated heterocycles. The molecule has 3 aromatic carbocycles. The van der Waals surface area contributed by atoms with Crippen molar-refractivity contribution >= 4 is 10.8 Å². The Balaban J connectivity index is 1.48. The van der Waals surface area contributed by atoms with E-state index in [0.29, 0.717) is 13.2 Å². The van der Waals surface area contributed by atoms with Gasteiger partial charge in [-0.2, -0.15) is 5.10 Å². The first-order valence-corrected chi connectivity index (χ1v) is 8.38. The van der Waals surface area contributed by atoms with Gasteiger partial charge in [0.2, 0.25) is 0 Å². The van der Waals surface area contributed by atoms with Crippen LogP contribution in [0.15, 0.2) is 72.8 Å². The largest absolute Gasteiger partial charge is 0.492 e. The predicted octanol–water partition coefficient (Wildman–Crippen LogP) is 4.49. The SMILES string of the molecule is Cc1nc(-c2ccccc2)n(CCOc2ccc3ccccc3c2)n1. The van der Waals surface area contributed by atoms with Crippen molar-refractivity contribution in [3.8, 4) is 17.1 Å². The molecule has 4 nitrogen and oxygen atoms in total. The van der Waals surface area contributed by atoms with Crippen molar-refractivity contribution in [3.05, 3.63) is 78.6 Å². The maximum absolute atomic E-state index is 5.93. The third-order valence-corrected chi connectivity index (χ3v) is 4.10. The van der Waals surface area contributed by atoms with Crippen LogP contribution in [0.5, 0.6) is 5.75 Å². The van der Waals surface area contributed by atoms with E-state index in [1.54, 1.807) is 0 Å². The fraction of sp³-hybridized carbons (Fsp3) is 0.143. The van der Waals surface area contributed by atoms with Crippen LogP contribution in [0.25, 0.3) is 22.2 Å². The second-order valence-electron chi connectivity index (χ2n) is 5.93. The van der Waals surface area contributed by atoms with Crippen LogP contribution in [-0.4, -0.2) is 21.4 Å². The zero-order valence-electron chi connectivity index (χ0n) is 14.1. The van der Waals surface area contributed by atoms with Gasteiger partial charge in [0.1, 0.15) is 18.2 Å². The summed E-state index contributed by atoms with van der Waals surface area (Å²) in [7, 11) is 0. The Morgan fingerprint density at radius 2 is 1.64 bits per heavy atom. The molecule has 0 bridgehead atoms. The Morgan fingerprint density at radius 1 is 0.880 bits per heavy atom. The summed E-state index contributed by atoms with van der Waals surface area (Å²) in [6.45, 7) is 3.10. The molecule has 1 heterocycles. The van der Waals surface area contributed by atoms with Crippen LogP contribution in [-0.2, 0) is 6.54 Å². The van der Waals surface area contributed by atoms with E-state index in [2.05, 4.69) is 34.3 Å². The molecule has 0 aliphatic heterocycles. The number of aromatic nitrogens is 3. The molecular weight excluding hydrogens is 310 g/mol. The molecule has 25 heavy (non-hydrogen) atoms. The molecule has 1 aromatic heterocycles. The first kappa shape index (κ1) is 15.4. The van der Waals surface area contributed by atoms with Crippen molar-refractivity contribution in [1.82, 2.24) is 14.8 Å². The minimum Gasteiger partial charge on any atom is -0.492 e. The van der Waals surface area contributed by atoms with Gasteiger partial charge in [-0.25, -0.2) is 9.67 Å². The highest BCUT2D eigenvalue weighted by atomic mass is 16.5. The number of benzene rings is 3. The van der Waals surface area contributed by atoms with Gasteiger partial charge in [0.15, 0.2) is 5.82 Å². The topological polar surface area (TPSA) is 39.9 Å². The maximum Gasteiger partial charge on any atom is 0.158 e. The standard InChI is InChI=1S/C21H19N3O/c1-16-22-21(18-8-3-2-4-9-18)24(23-16)13-14-25-20-12-11-17-7-5-6-10-19(17)15-20/h2-12,15H,13-14H2,1H3. The van der Waals surface area contributed by atoms with Crippen molar-refractivity contribution < 1.29 is 4.74 Å². The molecule has 124 valence electrons. The molecule has 4 rings (SSSR count). The minimum atomic E-state index is 0.543. The highest BCUT2D eigenvalue weighted by Gasteiger charge is 2.09. The van der Waals surface area contributed by atoms with E-state index >= 15 is 0 Å². The van der Waals surface area contributed by atoms with Crippen LogP contribution in [0.4, 0.5) is 0 Å². The van der Waals surface area contributed by atoms with Gasteiger partial charge in [0.05, 0.1) is 6.54 Å². The number of aryl methyl sites for hydroxylation is 1. The van der Waals surface area contributed by atoms with E-state index in [-0.39, 0.29) is 0 Å². The highest BCUT2D eigenvalue weighted by molar-refractivity contribution is 5.83. The van der Waals surface area contributed by atoms with Gasteiger partial charge in [0, 0.05) is 5.56 Å². The zero-order chi connectivity index (χ0) is 17.1. The summed E-state index contributed by atoms with van der Waals surface area (Å²) in [5.41, 5.74) is 1.06. The molecule has 0 amide bonds. The van der Waals surface area contributed by atoms with Crippen LogP contribution in [0, 0.1) is 6.92 Å². The van der Waals surface area contributed by atoms with Crippen LogP contribution in [0.3, 0.4) is 0 Å². The number of rotatable bonds is 5. The van der Waals surface area contributed by atoms with Gasteiger partial charge >= 0.3 is 0 Å². The molecule has 0 fully saturated rings. The summed E-state index contributed by atoms with van der Waals surface area (Å²) in [5.74, 6) is 2.52. The maximum atomic E-state index is 5.93. The normalized spacial score (nSPS) is 10.9. The minimum absolute atomic E-state index is 0.543. The summed E-state index contributed by atoms with van der Waals surface area (Å²) in [6.07, 6.45) is 0. The molecule has 0 N–H and O–H groups in total. The van der Waals surface area contributed by atoms with Crippen LogP contribution in [0.1, 0.15) is 5.82 Å². The van der Waals surface area contributed by atoms with E-state index in [4.69, 9.17) is 4.74 Å². The first-order chi connectivity index (χ1) is 12.3. The quantitative estimate of drug-likeness (QED) is 0.542. The van der Waals surface area contributed by atoms with E-state index in [9.17, 15) is 0 Å². The third-order valence-electron chi connectivity index (χ3n) is 4.10. The van der Waals surface area contributed by atoms with Gasteiger partial charge in [-0.15, -0.1) is 0 Å².